The third kappa shape index (κ3) is 7.63. The van der Waals surface area contributed by atoms with Crippen LogP contribution in [0.1, 0.15) is 79.4 Å². The minimum absolute atomic E-state index is 0.104. The summed E-state index contributed by atoms with van der Waals surface area (Å²) in [7, 11) is 0. The van der Waals surface area contributed by atoms with Gasteiger partial charge in [-0.05, 0) is 109 Å². The van der Waals surface area contributed by atoms with Crippen LogP contribution < -0.4 is 22.2 Å². The average Bonchev–Trinajstić information content (AvgIpc) is 4.25. The van der Waals surface area contributed by atoms with E-state index in [9.17, 15) is 19.2 Å². The van der Waals surface area contributed by atoms with Gasteiger partial charge in [-0.1, -0.05) is 112 Å². The molecule has 0 atom stereocenters. The second-order valence-electron chi connectivity index (χ2n) is 17.3. The molecule has 2 N–H and O–H groups in total. The predicted molar refractivity (Wildman–Crippen MR) is 275 cm³/mol. The molecule has 0 spiro atoms. The number of benzene rings is 4. The summed E-state index contributed by atoms with van der Waals surface area (Å²) >= 11 is 0. The Bertz CT molecular complexity index is 3770. The molecule has 10 nitrogen and oxygen atoms in total. The molecule has 8 bridgehead atoms. The minimum Gasteiger partial charge on any atom is -0.355 e. The first-order chi connectivity index (χ1) is 33.3. The maximum absolute atomic E-state index is 13.9. The molecule has 4 aromatic carbocycles. The van der Waals surface area contributed by atoms with E-state index < -0.39 is 22.2 Å². The molecule has 0 aliphatic carbocycles. The van der Waals surface area contributed by atoms with Crippen LogP contribution in [-0.4, -0.2) is 29.1 Å². The SMILES string of the molecule is CCCCCCCCn1c(=O)c2cc3c(=O)n(-c4ccc(C#Cc5c6nc(c(-c7ccccc7)c7ccc(cc8ccc([nH]8)c(-c8ccccc8)c8nc5C=C8)[nH]7)C=C6)cc4)c(=O)c3cc2c1=O. The summed E-state index contributed by atoms with van der Waals surface area (Å²) in [5.41, 5.74) is 10.1. The molecule has 0 unspecified atom stereocenters. The van der Waals surface area contributed by atoms with E-state index >= 15 is 0 Å². The molecular formula is C58H44N6O4. The second-order valence-corrected chi connectivity index (χ2v) is 17.3. The molecule has 0 saturated carbocycles. The van der Waals surface area contributed by atoms with Crippen molar-refractivity contribution in [1.82, 2.24) is 29.1 Å². The van der Waals surface area contributed by atoms with E-state index in [0.717, 1.165) is 92.4 Å². The maximum atomic E-state index is 13.9. The van der Waals surface area contributed by atoms with Gasteiger partial charge in [-0.3, -0.25) is 23.7 Å². The van der Waals surface area contributed by atoms with Crippen molar-refractivity contribution in [2.45, 2.75) is 52.0 Å². The number of hydrogen-bond donors (Lipinski definition) is 2. The Morgan fingerprint density at radius 3 is 1.50 bits per heavy atom. The lowest BCUT2D eigenvalue weighted by Crippen LogP contribution is -2.25. The predicted octanol–water partition coefficient (Wildman–Crippen LogP) is 11.0. The number of nitrogens with one attached hydrogen (secondary N) is 2. The molecule has 0 radical (unpaired) electrons. The highest BCUT2D eigenvalue weighted by Crippen LogP contribution is 2.33. The van der Waals surface area contributed by atoms with Gasteiger partial charge in [-0.25, -0.2) is 14.5 Å². The quantitative estimate of drug-likeness (QED) is 0.104. The summed E-state index contributed by atoms with van der Waals surface area (Å²) in [5.74, 6) is 6.72. The van der Waals surface area contributed by atoms with Crippen LogP contribution in [0.2, 0.25) is 0 Å². The summed E-state index contributed by atoms with van der Waals surface area (Å²) in [4.78, 5) is 72.3. The monoisotopic (exact) mass is 888 g/mol. The normalized spacial score (nSPS) is 12.0. The standard InChI is InChI=1S/C58H44N6O4/c1-2-3-4-5-6-13-32-63-55(65)43-34-45-46(35-44(43)56(63)66)58(68)64(57(45)67)41-23-18-36(19-24-41)20-25-42-47-28-30-51(61-47)53(37-14-9-7-10-15-37)49-26-21-39(59-49)33-40-22-27-50(60-40)54(38-16-11-8-12-17-38)52-31-29-48(42)62-52/h7-12,14-19,21-24,26-31,33-35,59-60H,2-6,13,32H2,1H3. The fraction of sp³-hybridized carbons (Fsp3) is 0.138. The van der Waals surface area contributed by atoms with Crippen molar-refractivity contribution in [3.63, 3.8) is 0 Å². The van der Waals surface area contributed by atoms with Crippen molar-refractivity contribution in [3.8, 4) is 39.8 Å². The van der Waals surface area contributed by atoms with Crippen LogP contribution in [-0.2, 0) is 6.54 Å². The van der Waals surface area contributed by atoms with E-state index in [2.05, 4.69) is 83.3 Å². The van der Waals surface area contributed by atoms with Gasteiger partial charge < -0.3 is 9.97 Å². The summed E-state index contributed by atoms with van der Waals surface area (Å²) in [6, 6.07) is 40.4. The Kier molecular flexibility index (Phi) is 10.9. The van der Waals surface area contributed by atoms with Gasteiger partial charge in [0.25, 0.3) is 22.2 Å². The molecule has 11 rings (SSSR count). The molecule has 2 aliphatic heterocycles. The van der Waals surface area contributed by atoms with Crippen molar-refractivity contribution in [1.29, 1.82) is 0 Å². The van der Waals surface area contributed by atoms with E-state index in [4.69, 9.17) is 9.97 Å². The van der Waals surface area contributed by atoms with Crippen LogP contribution in [0.15, 0.2) is 147 Å². The second kappa shape index (κ2) is 17.6. The molecule has 10 heteroatoms. The molecule has 7 heterocycles. The zero-order chi connectivity index (χ0) is 46.3. The molecular weight excluding hydrogens is 845 g/mol. The number of aromatic amines is 2. The first-order valence-electron chi connectivity index (χ1n) is 23.1. The maximum Gasteiger partial charge on any atom is 0.266 e. The van der Waals surface area contributed by atoms with Crippen molar-refractivity contribution >= 4 is 67.9 Å². The lowest BCUT2D eigenvalue weighted by atomic mass is 10.0. The molecule has 9 aromatic rings. The smallest absolute Gasteiger partial charge is 0.266 e. The van der Waals surface area contributed by atoms with Crippen LogP contribution in [0.5, 0.6) is 0 Å². The summed E-state index contributed by atoms with van der Waals surface area (Å²) in [5, 5.41) is 0.524. The first-order valence-corrected chi connectivity index (χ1v) is 23.1. The fourth-order valence-corrected chi connectivity index (χ4v) is 9.42. The van der Waals surface area contributed by atoms with Crippen LogP contribution >= 0.6 is 0 Å². The van der Waals surface area contributed by atoms with E-state index in [0.29, 0.717) is 41.2 Å². The minimum atomic E-state index is -0.554. The van der Waals surface area contributed by atoms with Crippen molar-refractivity contribution in [2.24, 2.45) is 0 Å². The molecule has 2 aliphatic rings. The first kappa shape index (κ1) is 42.0. The molecule has 0 amide bonds. The Hall–Kier alpha value is -8.68. The van der Waals surface area contributed by atoms with Crippen molar-refractivity contribution < 1.29 is 0 Å². The number of H-pyrrole nitrogens is 2. The summed E-state index contributed by atoms with van der Waals surface area (Å²) in [6.45, 7) is 2.47. The summed E-state index contributed by atoms with van der Waals surface area (Å²) < 4.78 is 2.32. The fourth-order valence-electron chi connectivity index (χ4n) is 9.42. The highest BCUT2D eigenvalue weighted by molar-refractivity contribution is 5.98. The Morgan fingerprint density at radius 1 is 0.485 bits per heavy atom. The van der Waals surface area contributed by atoms with Gasteiger partial charge in [0.1, 0.15) is 0 Å². The topological polar surface area (TPSA) is 136 Å². The molecule has 5 aromatic heterocycles. The number of rotatable bonds is 10. The number of hydrogen-bond acceptors (Lipinski definition) is 6. The van der Waals surface area contributed by atoms with E-state index in [1.165, 1.54) is 16.7 Å². The van der Waals surface area contributed by atoms with Crippen molar-refractivity contribution in [3.05, 3.63) is 203 Å². The molecule has 330 valence electrons. The molecule has 0 saturated heterocycles. The average molecular weight is 889 g/mol. The Morgan fingerprint density at radius 2 is 0.971 bits per heavy atom. The lowest BCUT2D eigenvalue weighted by Gasteiger charge is -2.04. The van der Waals surface area contributed by atoms with Crippen molar-refractivity contribution in [2.75, 3.05) is 0 Å². The van der Waals surface area contributed by atoms with Crippen LogP contribution in [0.3, 0.4) is 0 Å². The number of unbranched alkanes of at least 4 members (excludes halogenated alkanes) is 5. The zero-order valence-electron chi connectivity index (χ0n) is 37.3. The number of nitrogens with zero attached hydrogens (tertiary/aromatic N) is 4. The van der Waals surface area contributed by atoms with Gasteiger partial charge in [0, 0.05) is 45.3 Å². The van der Waals surface area contributed by atoms with Gasteiger partial charge in [0.2, 0.25) is 0 Å². The van der Waals surface area contributed by atoms with Crippen LogP contribution in [0.25, 0.3) is 95.9 Å². The van der Waals surface area contributed by atoms with E-state index in [1.54, 1.807) is 24.3 Å². The zero-order valence-corrected chi connectivity index (χ0v) is 37.3. The van der Waals surface area contributed by atoms with Gasteiger partial charge in [-0.2, -0.15) is 0 Å². The van der Waals surface area contributed by atoms with E-state index in [-0.39, 0.29) is 21.5 Å². The molecule has 0 fully saturated rings. The Labute approximate surface area is 390 Å². The third-order valence-corrected chi connectivity index (χ3v) is 12.9. The lowest BCUT2D eigenvalue weighted by molar-refractivity contribution is 0.547. The molecule has 68 heavy (non-hydrogen) atoms. The number of fused-ring (bicyclic) bond motifs is 10. The Balaban J connectivity index is 1.01. The van der Waals surface area contributed by atoms with Gasteiger partial charge in [0.15, 0.2) is 0 Å². The van der Waals surface area contributed by atoms with Crippen LogP contribution in [0, 0.1) is 11.8 Å². The van der Waals surface area contributed by atoms with E-state index in [1.807, 2.05) is 60.7 Å². The van der Waals surface area contributed by atoms with Gasteiger partial charge in [-0.15, -0.1) is 0 Å². The highest BCUT2D eigenvalue weighted by atomic mass is 16.2. The largest absolute Gasteiger partial charge is 0.355 e. The summed E-state index contributed by atoms with van der Waals surface area (Å²) in [6.07, 6.45) is 14.1. The third-order valence-electron chi connectivity index (χ3n) is 12.9. The van der Waals surface area contributed by atoms with Gasteiger partial charge in [0.05, 0.1) is 55.6 Å². The number of aromatic nitrogens is 6. The van der Waals surface area contributed by atoms with Crippen LogP contribution in [0.4, 0.5) is 0 Å². The van der Waals surface area contributed by atoms with Gasteiger partial charge >= 0.3 is 0 Å². The highest BCUT2D eigenvalue weighted by Gasteiger charge is 2.21.